The van der Waals surface area contributed by atoms with E-state index in [0.29, 0.717) is 25.4 Å². The number of hydrogen-bond donors (Lipinski definition) is 1. The first-order chi connectivity index (χ1) is 12.8. The van der Waals surface area contributed by atoms with Crippen LogP contribution in [-0.4, -0.2) is 58.2 Å². The number of hydrogen-bond acceptors (Lipinski definition) is 6. The monoisotopic (exact) mass is 397 g/mol. The topological polar surface area (TPSA) is 106 Å². The van der Waals surface area contributed by atoms with Crippen LogP contribution in [0, 0.1) is 5.92 Å². The molecule has 1 amide bonds. The molecule has 2 fully saturated rings. The smallest absolute Gasteiger partial charge is 0.225 e. The third kappa shape index (κ3) is 3.50. The fourth-order valence-electron chi connectivity index (χ4n) is 3.86. The second kappa shape index (κ2) is 6.82. The number of rotatable bonds is 5. The number of ether oxygens (including phenoxy) is 1. The maximum absolute atomic E-state index is 12.5. The highest BCUT2D eigenvalue weighted by Crippen LogP contribution is 2.36. The van der Waals surface area contributed by atoms with Crippen molar-refractivity contribution in [3.8, 4) is 0 Å². The summed E-state index contributed by atoms with van der Waals surface area (Å²) in [5.74, 6) is 0.459. The van der Waals surface area contributed by atoms with Crippen LogP contribution in [0.3, 0.4) is 0 Å². The highest BCUT2D eigenvalue weighted by molar-refractivity contribution is 7.90. The zero-order valence-electron chi connectivity index (χ0n) is 15.8. The minimum absolute atomic E-state index is 0.110. The van der Waals surface area contributed by atoms with Crippen LogP contribution in [-0.2, 0) is 39.3 Å². The van der Waals surface area contributed by atoms with Crippen molar-refractivity contribution in [2.45, 2.75) is 70.1 Å². The molecule has 4 rings (SSSR count). The van der Waals surface area contributed by atoms with Gasteiger partial charge in [-0.3, -0.25) is 4.79 Å². The summed E-state index contributed by atoms with van der Waals surface area (Å²) in [5.41, 5.74) is 0.986. The molecule has 1 saturated carbocycles. The van der Waals surface area contributed by atoms with Crippen LogP contribution in [0.4, 0.5) is 0 Å². The second-order valence-electron chi connectivity index (χ2n) is 8.16. The van der Waals surface area contributed by atoms with Gasteiger partial charge in [0.05, 0.1) is 37.2 Å². The summed E-state index contributed by atoms with van der Waals surface area (Å²) >= 11 is 0. The Morgan fingerprint density at radius 1 is 1.37 bits per heavy atom. The average molecular weight is 398 g/mol. The second-order valence-corrected chi connectivity index (χ2v) is 10.5. The molecule has 0 bridgehead atoms. The first-order valence-corrected chi connectivity index (χ1v) is 11.2. The Labute approximate surface area is 159 Å². The van der Waals surface area contributed by atoms with Crippen molar-refractivity contribution in [1.82, 2.24) is 24.6 Å². The van der Waals surface area contributed by atoms with Crippen molar-refractivity contribution in [3.05, 3.63) is 11.4 Å². The van der Waals surface area contributed by atoms with E-state index in [4.69, 9.17) is 4.74 Å². The van der Waals surface area contributed by atoms with Crippen LogP contribution in [0.2, 0.25) is 0 Å². The van der Waals surface area contributed by atoms with Gasteiger partial charge in [0.2, 0.25) is 15.9 Å². The third-order valence-electron chi connectivity index (χ3n) is 6.01. The number of amides is 1. The molecule has 1 N–H and O–H groups in total. The normalized spacial score (nSPS) is 25.8. The van der Waals surface area contributed by atoms with Gasteiger partial charge in [-0.25, -0.2) is 17.8 Å². The molecular formula is C17H27N5O4S. The molecule has 1 unspecified atom stereocenters. The van der Waals surface area contributed by atoms with E-state index >= 15 is 0 Å². The van der Waals surface area contributed by atoms with Crippen molar-refractivity contribution in [2.75, 3.05) is 13.1 Å². The average Bonchev–Trinajstić information content (AvgIpc) is 3.16. The lowest BCUT2D eigenvalue weighted by atomic mass is 9.84. The number of likely N-dealkylation sites (tertiary alicyclic amines) is 1. The van der Waals surface area contributed by atoms with Crippen LogP contribution < -0.4 is 4.72 Å². The van der Waals surface area contributed by atoms with Crippen LogP contribution in [0.15, 0.2) is 0 Å². The van der Waals surface area contributed by atoms with E-state index in [-0.39, 0.29) is 18.4 Å². The molecule has 0 aromatic carbocycles. The highest BCUT2D eigenvalue weighted by atomic mass is 32.2. The van der Waals surface area contributed by atoms with Crippen molar-refractivity contribution >= 4 is 15.9 Å². The standard InChI is InChI=1S/C17H27N5O4S/c1-12(2)27(24,25)18-8-14-15-9-26-17(11-22(15)20-19-14)6-7-21(10-17)16(23)13-4-3-5-13/h12-13,18H,3-11H2,1-2H3. The Hall–Kier alpha value is -1.52. The fourth-order valence-corrected chi connectivity index (χ4v) is 4.53. The van der Waals surface area contributed by atoms with Gasteiger partial charge in [-0.1, -0.05) is 11.6 Å². The highest BCUT2D eigenvalue weighted by Gasteiger charge is 2.46. The molecule has 10 heteroatoms. The van der Waals surface area contributed by atoms with Gasteiger partial charge >= 0.3 is 0 Å². The number of fused-ring (bicyclic) bond motifs is 1. The lowest BCUT2D eigenvalue weighted by Crippen LogP contribution is -2.46. The molecule has 1 spiro atoms. The summed E-state index contributed by atoms with van der Waals surface area (Å²) in [6.07, 6.45) is 3.95. The van der Waals surface area contributed by atoms with E-state index in [0.717, 1.165) is 37.9 Å². The predicted octanol–water partition coefficient (Wildman–Crippen LogP) is 0.407. The summed E-state index contributed by atoms with van der Waals surface area (Å²) < 4.78 is 34.4. The molecule has 150 valence electrons. The Balaban J connectivity index is 1.41. The number of nitrogens with one attached hydrogen (secondary N) is 1. The van der Waals surface area contributed by atoms with Gasteiger partial charge < -0.3 is 9.64 Å². The summed E-state index contributed by atoms with van der Waals surface area (Å²) in [6, 6.07) is 0. The van der Waals surface area contributed by atoms with E-state index in [9.17, 15) is 13.2 Å². The van der Waals surface area contributed by atoms with Gasteiger partial charge in [-0.05, 0) is 33.1 Å². The minimum Gasteiger partial charge on any atom is -0.365 e. The van der Waals surface area contributed by atoms with Gasteiger partial charge in [0.15, 0.2) is 0 Å². The van der Waals surface area contributed by atoms with Gasteiger partial charge in [-0.2, -0.15) is 0 Å². The number of carbonyl (C=O) groups is 1. The third-order valence-corrected chi connectivity index (χ3v) is 7.80. The summed E-state index contributed by atoms with van der Waals surface area (Å²) in [5, 5.41) is 7.85. The maximum atomic E-state index is 12.5. The number of sulfonamides is 1. The summed E-state index contributed by atoms with van der Waals surface area (Å²) in [6.45, 7) is 5.56. The zero-order chi connectivity index (χ0) is 19.2. The molecule has 0 radical (unpaired) electrons. The Morgan fingerprint density at radius 3 is 2.81 bits per heavy atom. The van der Waals surface area contributed by atoms with Crippen molar-refractivity contribution in [3.63, 3.8) is 0 Å². The van der Waals surface area contributed by atoms with Gasteiger partial charge in [0.1, 0.15) is 11.3 Å². The van der Waals surface area contributed by atoms with E-state index in [2.05, 4.69) is 15.0 Å². The first kappa shape index (κ1) is 18.8. The number of nitrogens with zero attached hydrogens (tertiary/aromatic N) is 4. The lowest BCUT2D eigenvalue weighted by molar-refractivity contribution is -0.140. The molecule has 1 saturated heterocycles. The van der Waals surface area contributed by atoms with E-state index in [1.807, 2.05) is 4.90 Å². The molecule has 1 atom stereocenters. The van der Waals surface area contributed by atoms with Crippen LogP contribution in [0.5, 0.6) is 0 Å². The molecule has 1 aliphatic carbocycles. The SMILES string of the molecule is CC(C)S(=O)(=O)NCc1nnn2c1COC1(CCN(C(=O)C3CCC3)C1)C2. The van der Waals surface area contributed by atoms with E-state index in [1.54, 1.807) is 18.5 Å². The molecule has 2 aliphatic heterocycles. The first-order valence-electron chi connectivity index (χ1n) is 9.62. The van der Waals surface area contributed by atoms with Crippen LogP contribution in [0.1, 0.15) is 50.9 Å². The van der Waals surface area contributed by atoms with Crippen LogP contribution >= 0.6 is 0 Å². The van der Waals surface area contributed by atoms with Gasteiger partial charge in [0, 0.05) is 12.5 Å². The molecule has 3 heterocycles. The minimum atomic E-state index is -3.36. The Morgan fingerprint density at radius 2 is 2.15 bits per heavy atom. The molecular weight excluding hydrogens is 370 g/mol. The largest absolute Gasteiger partial charge is 0.365 e. The lowest BCUT2D eigenvalue weighted by Gasteiger charge is -2.35. The molecule has 3 aliphatic rings. The van der Waals surface area contributed by atoms with Crippen molar-refractivity contribution in [1.29, 1.82) is 0 Å². The molecule has 1 aromatic rings. The number of aromatic nitrogens is 3. The molecule has 1 aromatic heterocycles. The Kier molecular flexibility index (Phi) is 4.76. The Bertz CT molecular complexity index is 832. The van der Waals surface area contributed by atoms with Gasteiger partial charge in [-0.15, -0.1) is 5.10 Å². The maximum Gasteiger partial charge on any atom is 0.225 e. The summed E-state index contributed by atoms with van der Waals surface area (Å²) in [7, 11) is -3.36. The van der Waals surface area contributed by atoms with E-state index < -0.39 is 20.9 Å². The number of carbonyl (C=O) groups excluding carboxylic acids is 1. The van der Waals surface area contributed by atoms with Gasteiger partial charge in [0.25, 0.3) is 0 Å². The van der Waals surface area contributed by atoms with Crippen LogP contribution in [0.25, 0.3) is 0 Å². The molecule has 9 nitrogen and oxygen atoms in total. The van der Waals surface area contributed by atoms with Crippen molar-refractivity contribution < 1.29 is 17.9 Å². The quantitative estimate of drug-likeness (QED) is 0.771. The molecule has 27 heavy (non-hydrogen) atoms. The zero-order valence-corrected chi connectivity index (χ0v) is 16.7. The summed E-state index contributed by atoms with van der Waals surface area (Å²) in [4.78, 5) is 14.4. The predicted molar refractivity (Wildman–Crippen MR) is 97.0 cm³/mol. The van der Waals surface area contributed by atoms with E-state index in [1.165, 1.54) is 0 Å². The van der Waals surface area contributed by atoms with Crippen molar-refractivity contribution in [2.24, 2.45) is 5.92 Å². The fraction of sp³-hybridized carbons (Fsp3) is 0.824.